The highest BCUT2D eigenvalue weighted by Crippen LogP contribution is 2.29. The molecule has 1 heterocycles. The number of fused-ring (bicyclic) bond motifs is 1. The summed E-state index contributed by atoms with van der Waals surface area (Å²) in [7, 11) is 0. The largest absolute Gasteiger partial charge is 0.349 e. The number of benzene rings is 2. The van der Waals surface area contributed by atoms with Gasteiger partial charge >= 0.3 is 0 Å². The van der Waals surface area contributed by atoms with Crippen LogP contribution < -0.4 is 10.6 Å². The SMILES string of the molecule is C[C@H](Sc1cc(C(=O)NC2CC2)c2ccccc2n1)C(=O)Nc1ccc([N+](=O)[O-])cc1. The Kier molecular flexibility index (Phi) is 5.85. The summed E-state index contributed by atoms with van der Waals surface area (Å²) >= 11 is 1.25. The van der Waals surface area contributed by atoms with Gasteiger partial charge < -0.3 is 10.6 Å². The average molecular weight is 436 g/mol. The van der Waals surface area contributed by atoms with Crippen molar-refractivity contribution >= 4 is 45.9 Å². The highest BCUT2D eigenvalue weighted by atomic mass is 32.2. The Hall–Kier alpha value is -3.46. The topological polar surface area (TPSA) is 114 Å². The maximum absolute atomic E-state index is 12.7. The number of non-ortho nitro benzene ring substituents is 1. The number of nitrogens with zero attached hydrogens (tertiary/aromatic N) is 2. The van der Waals surface area contributed by atoms with E-state index in [1.54, 1.807) is 13.0 Å². The zero-order valence-electron chi connectivity index (χ0n) is 16.7. The lowest BCUT2D eigenvalue weighted by Crippen LogP contribution is -2.26. The first-order valence-corrected chi connectivity index (χ1v) is 10.7. The van der Waals surface area contributed by atoms with Gasteiger partial charge in [-0.1, -0.05) is 30.0 Å². The standard InChI is InChI=1S/C22H20N4O4S/c1-13(21(27)23-15-8-10-16(11-9-15)26(29)30)31-20-12-18(22(28)24-14-6-7-14)17-4-2-3-5-19(17)25-20/h2-5,8-14H,6-7H2,1H3,(H,23,27)(H,24,28)/t13-/m0/s1. The van der Waals surface area contributed by atoms with Crippen molar-refractivity contribution in [3.05, 3.63) is 70.3 Å². The zero-order chi connectivity index (χ0) is 22.0. The van der Waals surface area contributed by atoms with Gasteiger partial charge in [-0.2, -0.15) is 0 Å². The molecule has 2 N–H and O–H groups in total. The number of anilines is 1. The minimum atomic E-state index is -0.497. The van der Waals surface area contributed by atoms with Gasteiger partial charge in [0, 0.05) is 29.2 Å². The lowest BCUT2D eigenvalue weighted by molar-refractivity contribution is -0.384. The van der Waals surface area contributed by atoms with E-state index in [9.17, 15) is 19.7 Å². The summed E-state index contributed by atoms with van der Waals surface area (Å²) in [6.07, 6.45) is 1.99. The normalized spacial score (nSPS) is 14.1. The van der Waals surface area contributed by atoms with Crippen LogP contribution >= 0.6 is 11.8 Å². The Morgan fingerprint density at radius 3 is 2.55 bits per heavy atom. The summed E-state index contributed by atoms with van der Waals surface area (Å²) < 4.78 is 0. The van der Waals surface area contributed by atoms with Crippen LogP contribution in [-0.4, -0.2) is 33.0 Å². The van der Waals surface area contributed by atoms with E-state index >= 15 is 0 Å². The summed E-state index contributed by atoms with van der Waals surface area (Å²) in [5.74, 6) is -0.399. The number of para-hydroxylation sites is 1. The van der Waals surface area contributed by atoms with Gasteiger partial charge in [0.1, 0.15) is 0 Å². The molecule has 8 nitrogen and oxygen atoms in total. The Balaban J connectivity index is 1.50. The number of rotatable bonds is 7. The molecule has 2 aromatic carbocycles. The van der Waals surface area contributed by atoms with Crippen molar-refractivity contribution in [2.45, 2.75) is 36.1 Å². The second kappa shape index (κ2) is 8.73. The third kappa shape index (κ3) is 5.00. The fourth-order valence-corrected chi connectivity index (χ4v) is 3.90. The van der Waals surface area contributed by atoms with Crippen LogP contribution in [0.5, 0.6) is 0 Å². The molecule has 1 aliphatic carbocycles. The first-order chi connectivity index (χ1) is 14.9. The maximum atomic E-state index is 12.7. The van der Waals surface area contributed by atoms with Gasteiger partial charge in [0.05, 0.1) is 26.3 Å². The fraction of sp³-hybridized carbons (Fsp3) is 0.227. The minimum Gasteiger partial charge on any atom is -0.349 e. The monoisotopic (exact) mass is 436 g/mol. The lowest BCUT2D eigenvalue weighted by Gasteiger charge is -2.14. The minimum absolute atomic E-state index is 0.0437. The molecule has 1 atom stereocenters. The highest BCUT2D eigenvalue weighted by Gasteiger charge is 2.25. The van der Waals surface area contributed by atoms with E-state index < -0.39 is 10.2 Å². The number of aromatic nitrogens is 1. The number of carbonyl (C=O) groups excluding carboxylic acids is 2. The van der Waals surface area contributed by atoms with E-state index in [-0.39, 0.29) is 23.5 Å². The molecule has 9 heteroatoms. The number of amides is 2. The average Bonchev–Trinajstić information content (AvgIpc) is 3.57. The van der Waals surface area contributed by atoms with Crippen LogP contribution in [0.3, 0.4) is 0 Å². The van der Waals surface area contributed by atoms with E-state index in [4.69, 9.17) is 0 Å². The van der Waals surface area contributed by atoms with Gasteiger partial charge in [-0.25, -0.2) is 4.98 Å². The van der Waals surface area contributed by atoms with Gasteiger partial charge in [0.15, 0.2) is 0 Å². The molecule has 0 aliphatic heterocycles. The molecule has 1 fully saturated rings. The molecule has 0 radical (unpaired) electrons. The molecule has 0 spiro atoms. The molecule has 1 aliphatic rings. The quantitative estimate of drug-likeness (QED) is 0.327. The van der Waals surface area contributed by atoms with E-state index in [0.29, 0.717) is 21.8 Å². The number of carbonyl (C=O) groups is 2. The van der Waals surface area contributed by atoms with Crippen molar-refractivity contribution in [1.82, 2.24) is 10.3 Å². The van der Waals surface area contributed by atoms with Crippen molar-refractivity contribution in [3.8, 4) is 0 Å². The Morgan fingerprint density at radius 1 is 1.16 bits per heavy atom. The predicted molar refractivity (Wildman–Crippen MR) is 119 cm³/mol. The van der Waals surface area contributed by atoms with E-state index in [0.717, 1.165) is 18.2 Å². The third-order valence-corrected chi connectivity index (χ3v) is 5.88. The number of pyridine rings is 1. The number of nitro benzene ring substituents is 1. The van der Waals surface area contributed by atoms with Crippen molar-refractivity contribution in [3.63, 3.8) is 0 Å². The Labute approximate surface area is 182 Å². The van der Waals surface area contributed by atoms with Gasteiger partial charge in [-0.15, -0.1) is 0 Å². The number of nitrogens with one attached hydrogen (secondary N) is 2. The van der Waals surface area contributed by atoms with Crippen LogP contribution in [0.1, 0.15) is 30.1 Å². The van der Waals surface area contributed by atoms with Crippen molar-refractivity contribution < 1.29 is 14.5 Å². The molecule has 0 unspecified atom stereocenters. The van der Waals surface area contributed by atoms with E-state index in [1.807, 2.05) is 24.3 Å². The smallest absolute Gasteiger partial charge is 0.269 e. The summed E-state index contributed by atoms with van der Waals surface area (Å²) in [4.78, 5) is 40.2. The first-order valence-electron chi connectivity index (χ1n) is 9.83. The highest BCUT2D eigenvalue weighted by molar-refractivity contribution is 8.00. The Bertz CT molecular complexity index is 1160. The molecule has 31 heavy (non-hydrogen) atoms. The van der Waals surface area contributed by atoms with Crippen LogP contribution in [0.25, 0.3) is 10.9 Å². The number of hydrogen-bond donors (Lipinski definition) is 2. The molecular formula is C22H20N4O4S. The number of hydrogen-bond acceptors (Lipinski definition) is 6. The molecule has 158 valence electrons. The van der Waals surface area contributed by atoms with Gasteiger partial charge in [-0.3, -0.25) is 19.7 Å². The zero-order valence-corrected chi connectivity index (χ0v) is 17.5. The second-order valence-electron chi connectivity index (χ2n) is 7.33. The molecule has 0 bridgehead atoms. The fourth-order valence-electron chi connectivity index (χ4n) is 3.04. The van der Waals surface area contributed by atoms with Gasteiger partial charge in [-0.05, 0) is 44.0 Å². The van der Waals surface area contributed by atoms with Crippen LogP contribution in [0.2, 0.25) is 0 Å². The van der Waals surface area contributed by atoms with Crippen LogP contribution in [0.15, 0.2) is 59.6 Å². The number of thioether (sulfide) groups is 1. The molecule has 0 saturated heterocycles. The van der Waals surface area contributed by atoms with Crippen molar-refractivity contribution in [2.75, 3.05) is 5.32 Å². The van der Waals surface area contributed by atoms with Crippen molar-refractivity contribution in [2.24, 2.45) is 0 Å². The molecule has 3 aromatic rings. The van der Waals surface area contributed by atoms with Crippen LogP contribution in [-0.2, 0) is 4.79 Å². The molecule has 4 rings (SSSR count). The van der Waals surface area contributed by atoms with Crippen LogP contribution in [0.4, 0.5) is 11.4 Å². The molecule has 2 amide bonds. The van der Waals surface area contributed by atoms with Gasteiger partial charge in [0.2, 0.25) is 5.91 Å². The predicted octanol–water partition coefficient (Wildman–Crippen LogP) is 4.15. The summed E-state index contributed by atoms with van der Waals surface area (Å²) in [6, 6.07) is 15.0. The maximum Gasteiger partial charge on any atom is 0.269 e. The molecule has 1 saturated carbocycles. The van der Waals surface area contributed by atoms with Gasteiger partial charge in [0.25, 0.3) is 11.6 Å². The summed E-state index contributed by atoms with van der Waals surface area (Å²) in [5.41, 5.74) is 1.66. The van der Waals surface area contributed by atoms with E-state index in [2.05, 4.69) is 15.6 Å². The van der Waals surface area contributed by atoms with Crippen LogP contribution in [0, 0.1) is 10.1 Å². The summed E-state index contributed by atoms with van der Waals surface area (Å²) in [5, 5.41) is 17.4. The molecular weight excluding hydrogens is 416 g/mol. The summed E-state index contributed by atoms with van der Waals surface area (Å²) in [6.45, 7) is 1.74. The number of nitro groups is 1. The second-order valence-corrected chi connectivity index (χ2v) is 8.69. The third-order valence-electron chi connectivity index (χ3n) is 4.86. The Morgan fingerprint density at radius 2 is 1.87 bits per heavy atom. The van der Waals surface area contributed by atoms with E-state index in [1.165, 1.54) is 36.0 Å². The van der Waals surface area contributed by atoms with Crippen molar-refractivity contribution in [1.29, 1.82) is 0 Å². The lowest BCUT2D eigenvalue weighted by atomic mass is 10.1. The first kappa shape index (κ1) is 20.8. The molecule has 1 aromatic heterocycles.